The Kier molecular flexibility index (Phi) is 2.67. The van der Waals surface area contributed by atoms with Crippen molar-refractivity contribution in [2.75, 3.05) is 0 Å². The normalized spacial score (nSPS) is 23.8. The number of nitrogens with zero attached hydrogens (tertiary/aromatic N) is 3. The van der Waals surface area contributed by atoms with Crippen molar-refractivity contribution in [2.45, 2.75) is 57.0 Å². The zero-order chi connectivity index (χ0) is 11.0. The average molecular weight is 220 g/mol. The molecule has 1 heterocycles. The van der Waals surface area contributed by atoms with Crippen LogP contribution in [0.2, 0.25) is 0 Å². The molecule has 0 spiro atoms. The number of nitrogens with two attached hydrogens (primary N) is 1. The van der Waals surface area contributed by atoms with E-state index >= 15 is 0 Å². The van der Waals surface area contributed by atoms with Gasteiger partial charge in [0.15, 0.2) is 0 Å². The van der Waals surface area contributed by atoms with Gasteiger partial charge in [-0.05, 0) is 31.6 Å². The smallest absolute Gasteiger partial charge is 0.134 e. The van der Waals surface area contributed by atoms with Crippen LogP contribution in [-0.2, 0) is 6.42 Å². The van der Waals surface area contributed by atoms with Crippen LogP contribution in [0.1, 0.15) is 50.4 Å². The summed E-state index contributed by atoms with van der Waals surface area (Å²) in [7, 11) is 0. The molecule has 0 radical (unpaired) electrons. The Bertz CT molecular complexity index is 350. The highest BCUT2D eigenvalue weighted by molar-refractivity contribution is 4.97. The predicted octanol–water partition coefficient (Wildman–Crippen LogP) is 1.67. The first kappa shape index (κ1) is 10.3. The van der Waals surface area contributed by atoms with Gasteiger partial charge in [-0.1, -0.05) is 12.8 Å². The van der Waals surface area contributed by atoms with Crippen LogP contribution in [0, 0.1) is 5.92 Å². The summed E-state index contributed by atoms with van der Waals surface area (Å²) in [5, 5.41) is 8.30. The maximum Gasteiger partial charge on any atom is 0.134 e. The molecule has 1 aromatic heterocycles. The van der Waals surface area contributed by atoms with E-state index in [9.17, 15) is 0 Å². The van der Waals surface area contributed by atoms with Gasteiger partial charge in [0.2, 0.25) is 0 Å². The van der Waals surface area contributed by atoms with E-state index in [4.69, 9.17) is 5.73 Å². The van der Waals surface area contributed by atoms with Crippen molar-refractivity contribution in [1.29, 1.82) is 0 Å². The molecule has 1 atom stereocenters. The monoisotopic (exact) mass is 220 g/mol. The fourth-order valence-corrected chi connectivity index (χ4v) is 2.80. The second kappa shape index (κ2) is 4.17. The second-order valence-corrected chi connectivity index (χ2v) is 5.30. The fourth-order valence-electron chi connectivity index (χ4n) is 2.80. The molecular formula is C12H20N4. The number of rotatable bonds is 4. The van der Waals surface area contributed by atoms with Gasteiger partial charge < -0.3 is 10.3 Å². The van der Waals surface area contributed by atoms with E-state index in [-0.39, 0.29) is 0 Å². The van der Waals surface area contributed by atoms with Gasteiger partial charge in [0.1, 0.15) is 12.2 Å². The third-order valence-electron chi connectivity index (χ3n) is 4.01. The van der Waals surface area contributed by atoms with E-state index < -0.39 is 0 Å². The van der Waals surface area contributed by atoms with Crippen molar-refractivity contribution in [3.05, 3.63) is 12.2 Å². The van der Waals surface area contributed by atoms with E-state index in [0.717, 1.165) is 18.2 Å². The highest BCUT2D eigenvalue weighted by atomic mass is 15.3. The van der Waals surface area contributed by atoms with Gasteiger partial charge in [-0.2, -0.15) is 0 Å². The van der Waals surface area contributed by atoms with Crippen molar-refractivity contribution >= 4 is 0 Å². The largest absolute Gasteiger partial charge is 0.327 e. The molecule has 16 heavy (non-hydrogen) atoms. The molecule has 2 saturated carbocycles. The van der Waals surface area contributed by atoms with Crippen LogP contribution in [0.25, 0.3) is 0 Å². The van der Waals surface area contributed by atoms with Crippen molar-refractivity contribution in [1.82, 2.24) is 14.8 Å². The first-order valence-electron chi connectivity index (χ1n) is 6.48. The topological polar surface area (TPSA) is 56.7 Å². The lowest BCUT2D eigenvalue weighted by Gasteiger charge is -2.15. The Hall–Kier alpha value is -0.900. The summed E-state index contributed by atoms with van der Waals surface area (Å²) < 4.78 is 2.27. The fraction of sp³-hybridized carbons (Fsp3) is 0.833. The van der Waals surface area contributed by atoms with E-state index in [1.165, 1.54) is 38.5 Å². The Morgan fingerprint density at radius 1 is 1.31 bits per heavy atom. The summed E-state index contributed by atoms with van der Waals surface area (Å²) in [5.41, 5.74) is 6.16. The maximum atomic E-state index is 6.16. The Balaban J connectivity index is 1.70. The minimum atomic E-state index is 0.296. The summed E-state index contributed by atoms with van der Waals surface area (Å²) in [5.74, 6) is 1.85. The van der Waals surface area contributed by atoms with Crippen molar-refractivity contribution in [3.63, 3.8) is 0 Å². The molecule has 0 saturated heterocycles. The quantitative estimate of drug-likeness (QED) is 0.839. The number of hydrogen-bond donors (Lipinski definition) is 1. The minimum Gasteiger partial charge on any atom is -0.327 e. The van der Waals surface area contributed by atoms with Crippen LogP contribution in [0.4, 0.5) is 0 Å². The van der Waals surface area contributed by atoms with Gasteiger partial charge in [-0.15, -0.1) is 10.2 Å². The van der Waals surface area contributed by atoms with Crippen LogP contribution >= 0.6 is 0 Å². The zero-order valence-electron chi connectivity index (χ0n) is 9.68. The van der Waals surface area contributed by atoms with Crippen molar-refractivity contribution in [3.8, 4) is 0 Å². The van der Waals surface area contributed by atoms with E-state index in [1.54, 1.807) is 0 Å². The lowest BCUT2D eigenvalue weighted by atomic mass is 10.1. The molecule has 0 bridgehead atoms. The molecule has 0 aromatic carbocycles. The van der Waals surface area contributed by atoms with Crippen LogP contribution in [0.5, 0.6) is 0 Å². The highest BCUT2D eigenvalue weighted by Gasteiger charge is 2.30. The van der Waals surface area contributed by atoms with Crippen LogP contribution in [0.3, 0.4) is 0 Å². The molecule has 2 aliphatic rings. The first-order chi connectivity index (χ1) is 7.84. The minimum absolute atomic E-state index is 0.296. The van der Waals surface area contributed by atoms with E-state index in [0.29, 0.717) is 12.1 Å². The van der Waals surface area contributed by atoms with E-state index in [2.05, 4.69) is 14.8 Å². The summed E-state index contributed by atoms with van der Waals surface area (Å²) in [6.45, 7) is 0. The number of hydrogen-bond acceptors (Lipinski definition) is 3. The van der Waals surface area contributed by atoms with E-state index in [1.807, 2.05) is 6.33 Å². The third-order valence-corrected chi connectivity index (χ3v) is 4.01. The molecule has 1 unspecified atom stereocenters. The summed E-state index contributed by atoms with van der Waals surface area (Å²) in [6.07, 6.45) is 10.7. The lowest BCUT2D eigenvalue weighted by Crippen LogP contribution is -2.27. The van der Waals surface area contributed by atoms with Crippen molar-refractivity contribution in [2.24, 2.45) is 11.7 Å². The van der Waals surface area contributed by atoms with Crippen LogP contribution in [-0.4, -0.2) is 20.8 Å². The van der Waals surface area contributed by atoms with Gasteiger partial charge in [0.05, 0.1) is 0 Å². The van der Waals surface area contributed by atoms with Crippen molar-refractivity contribution < 1.29 is 0 Å². The third kappa shape index (κ3) is 1.98. The molecule has 3 rings (SSSR count). The zero-order valence-corrected chi connectivity index (χ0v) is 9.68. The molecule has 2 aliphatic carbocycles. The predicted molar refractivity (Wildman–Crippen MR) is 61.9 cm³/mol. The van der Waals surface area contributed by atoms with Gasteiger partial charge in [-0.25, -0.2) is 0 Å². The molecule has 4 heteroatoms. The van der Waals surface area contributed by atoms with Crippen LogP contribution in [0.15, 0.2) is 6.33 Å². The molecular weight excluding hydrogens is 200 g/mol. The van der Waals surface area contributed by atoms with Gasteiger partial charge in [0, 0.05) is 18.5 Å². The molecule has 2 N–H and O–H groups in total. The Labute approximate surface area is 96.2 Å². The average Bonchev–Trinajstić information content (AvgIpc) is 2.81. The molecule has 2 fully saturated rings. The van der Waals surface area contributed by atoms with Gasteiger partial charge in [-0.3, -0.25) is 0 Å². The standard InChI is InChI=1S/C12H20N4/c13-11(9-5-6-9)7-12-15-14-8-16(12)10-3-1-2-4-10/h8-11H,1-7,13H2. The van der Waals surface area contributed by atoms with Gasteiger partial charge >= 0.3 is 0 Å². The summed E-state index contributed by atoms with van der Waals surface area (Å²) in [4.78, 5) is 0. The maximum absolute atomic E-state index is 6.16. The summed E-state index contributed by atoms with van der Waals surface area (Å²) >= 11 is 0. The molecule has 1 aromatic rings. The number of aromatic nitrogens is 3. The molecule has 0 aliphatic heterocycles. The Morgan fingerprint density at radius 3 is 2.75 bits per heavy atom. The first-order valence-corrected chi connectivity index (χ1v) is 6.48. The van der Waals surface area contributed by atoms with Crippen LogP contribution < -0.4 is 5.73 Å². The SMILES string of the molecule is NC(Cc1nncn1C1CCCC1)C1CC1. The summed E-state index contributed by atoms with van der Waals surface area (Å²) in [6, 6.07) is 0.931. The molecule has 4 nitrogen and oxygen atoms in total. The highest BCUT2D eigenvalue weighted by Crippen LogP contribution is 2.34. The Morgan fingerprint density at radius 2 is 2.06 bits per heavy atom. The molecule has 0 amide bonds. The lowest BCUT2D eigenvalue weighted by molar-refractivity contribution is 0.475. The second-order valence-electron chi connectivity index (χ2n) is 5.30. The van der Waals surface area contributed by atoms with Gasteiger partial charge in [0.25, 0.3) is 0 Å². The molecule has 88 valence electrons.